The fraction of sp³-hybridized carbons (Fsp3) is 0.500. The van der Waals surface area contributed by atoms with Crippen LogP contribution in [0.5, 0.6) is 0 Å². The van der Waals surface area contributed by atoms with E-state index in [1.165, 1.54) is 0 Å². The number of aliphatic hydroxyl groups is 3. The van der Waals surface area contributed by atoms with Crippen molar-refractivity contribution in [1.82, 2.24) is 0 Å². The highest BCUT2D eigenvalue weighted by molar-refractivity contribution is 5.49. The van der Waals surface area contributed by atoms with Gasteiger partial charge in [0.2, 0.25) is 0 Å². The maximum atomic E-state index is 9.97. The molecule has 16 heavy (non-hydrogen) atoms. The summed E-state index contributed by atoms with van der Waals surface area (Å²) in [6.07, 6.45) is -1.77. The van der Waals surface area contributed by atoms with Crippen LogP contribution in [0.3, 0.4) is 0 Å². The number of aryl methyl sites for hydroxylation is 2. The number of benzene rings is 1. The Bertz CT molecular complexity index is 342. The van der Waals surface area contributed by atoms with E-state index in [1.807, 2.05) is 13.8 Å². The highest BCUT2D eigenvalue weighted by Gasteiger charge is 2.21. The van der Waals surface area contributed by atoms with Crippen LogP contribution in [0, 0.1) is 13.8 Å². The molecule has 1 aromatic rings. The summed E-state index contributed by atoms with van der Waals surface area (Å²) in [4.78, 5) is 0. The predicted molar refractivity (Wildman–Crippen MR) is 63.0 cm³/mol. The highest BCUT2D eigenvalue weighted by atomic mass is 16.3. The van der Waals surface area contributed by atoms with Gasteiger partial charge in [0.15, 0.2) is 0 Å². The number of nitrogens with two attached hydrogens (primary N) is 1. The summed E-state index contributed by atoms with van der Waals surface area (Å²) in [5, 5.41) is 28.3. The smallest absolute Gasteiger partial charge is 0.105 e. The van der Waals surface area contributed by atoms with Gasteiger partial charge in [-0.15, -0.1) is 0 Å². The summed E-state index contributed by atoms with van der Waals surface area (Å²) >= 11 is 0. The van der Waals surface area contributed by atoms with E-state index in [0.717, 1.165) is 11.1 Å². The summed E-state index contributed by atoms with van der Waals surface area (Å²) < 4.78 is 0. The van der Waals surface area contributed by atoms with E-state index >= 15 is 0 Å². The summed E-state index contributed by atoms with van der Waals surface area (Å²) in [6.45, 7) is 3.53. The van der Waals surface area contributed by atoms with Crippen molar-refractivity contribution in [3.63, 3.8) is 0 Å². The molecule has 1 aromatic carbocycles. The lowest BCUT2D eigenvalue weighted by atomic mass is 9.93. The Balaban J connectivity index is 3.03. The number of rotatable bonds is 4. The fourth-order valence-corrected chi connectivity index (χ4v) is 1.96. The molecular formula is C12H19NO3. The quantitative estimate of drug-likeness (QED) is 0.567. The third kappa shape index (κ3) is 2.72. The van der Waals surface area contributed by atoms with Crippen LogP contribution in [0.25, 0.3) is 0 Å². The maximum Gasteiger partial charge on any atom is 0.105 e. The summed E-state index contributed by atoms with van der Waals surface area (Å²) in [6, 6.07) is 3.52. The van der Waals surface area contributed by atoms with E-state index < -0.39 is 12.2 Å². The lowest BCUT2D eigenvalue weighted by molar-refractivity contribution is 0.00356. The van der Waals surface area contributed by atoms with Crippen LogP contribution in [-0.2, 0) is 0 Å². The molecule has 0 fully saturated rings. The standard InChI is InChI=1S/C12H19NO3/c1-7-5-9(13)6-8(2)11(7)12(16)10(15)3-4-14/h5-6,10,12,14-16H,3-4,13H2,1-2H3. The van der Waals surface area contributed by atoms with Crippen LogP contribution in [0.15, 0.2) is 12.1 Å². The average molecular weight is 225 g/mol. The Morgan fingerprint density at radius 2 is 1.69 bits per heavy atom. The molecule has 1 rings (SSSR count). The normalized spacial score (nSPS) is 14.8. The van der Waals surface area contributed by atoms with Gasteiger partial charge in [-0.05, 0) is 49.1 Å². The van der Waals surface area contributed by atoms with Gasteiger partial charge in [-0.2, -0.15) is 0 Å². The van der Waals surface area contributed by atoms with Gasteiger partial charge in [0.05, 0.1) is 6.10 Å². The van der Waals surface area contributed by atoms with Crippen molar-refractivity contribution in [2.75, 3.05) is 12.3 Å². The Kier molecular flexibility index (Phi) is 4.29. The van der Waals surface area contributed by atoms with Crippen molar-refractivity contribution >= 4 is 5.69 Å². The highest BCUT2D eigenvalue weighted by Crippen LogP contribution is 2.27. The molecule has 0 aliphatic heterocycles. The maximum absolute atomic E-state index is 9.97. The van der Waals surface area contributed by atoms with Crippen LogP contribution in [-0.4, -0.2) is 28.0 Å². The molecule has 0 spiro atoms. The first-order valence-electron chi connectivity index (χ1n) is 5.31. The first-order valence-corrected chi connectivity index (χ1v) is 5.31. The van der Waals surface area contributed by atoms with E-state index in [1.54, 1.807) is 12.1 Å². The zero-order chi connectivity index (χ0) is 12.3. The van der Waals surface area contributed by atoms with Gasteiger partial charge < -0.3 is 21.1 Å². The fourth-order valence-electron chi connectivity index (χ4n) is 1.96. The first-order chi connectivity index (χ1) is 7.47. The molecule has 4 nitrogen and oxygen atoms in total. The molecule has 0 aliphatic rings. The molecule has 0 saturated heterocycles. The van der Waals surface area contributed by atoms with Crippen molar-refractivity contribution in [3.05, 3.63) is 28.8 Å². The Morgan fingerprint density at radius 1 is 1.19 bits per heavy atom. The number of hydrogen-bond donors (Lipinski definition) is 4. The van der Waals surface area contributed by atoms with Crippen LogP contribution in [0.4, 0.5) is 5.69 Å². The van der Waals surface area contributed by atoms with Crippen LogP contribution in [0.2, 0.25) is 0 Å². The van der Waals surface area contributed by atoms with Gasteiger partial charge in [0.1, 0.15) is 6.10 Å². The number of hydrogen-bond acceptors (Lipinski definition) is 4. The Hall–Kier alpha value is -1.10. The molecule has 0 radical (unpaired) electrons. The molecule has 4 heteroatoms. The second-order valence-corrected chi connectivity index (χ2v) is 4.09. The zero-order valence-corrected chi connectivity index (χ0v) is 9.64. The topological polar surface area (TPSA) is 86.7 Å². The Morgan fingerprint density at radius 3 is 2.12 bits per heavy atom. The molecule has 0 aromatic heterocycles. The number of nitrogen functional groups attached to an aromatic ring is 1. The lowest BCUT2D eigenvalue weighted by Gasteiger charge is -2.21. The third-order valence-electron chi connectivity index (χ3n) is 2.70. The minimum absolute atomic E-state index is 0.148. The largest absolute Gasteiger partial charge is 0.399 e. The van der Waals surface area contributed by atoms with Crippen LogP contribution < -0.4 is 5.73 Å². The van der Waals surface area contributed by atoms with Gasteiger partial charge >= 0.3 is 0 Å². The minimum Gasteiger partial charge on any atom is -0.399 e. The van der Waals surface area contributed by atoms with Crippen molar-refractivity contribution < 1.29 is 15.3 Å². The van der Waals surface area contributed by atoms with E-state index in [9.17, 15) is 10.2 Å². The zero-order valence-electron chi connectivity index (χ0n) is 9.64. The van der Waals surface area contributed by atoms with Crippen LogP contribution >= 0.6 is 0 Å². The van der Waals surface area contributed by atoms with Gasteiger partial charge in [0, 0.05) is 12.3 Å². The second kappa shape index (κ2) is 5.30. The van der Waals surface area contributed by atoms with Crippen molar-refractivity contribution in [1.29, 1.82) is 0 Å². The number of aliphatic hydroxyl groups excluding tert-OH is 3. The molecule has 0 saturated carbocycles. The second-order valence-electron chi connectivity index (χ2n) is 4.09. The van der Waals surface area contributed by atoms with Gasteiger partial charge in [-0.25, -0.2) is 0 Å². The molecule has 0 heterocycles. The Labute approximate surface area is 95.3 Å². The molecular weight excluding hydrogens is 206 g/mol. The predicted octanol–water partition coefficient (Wildman–Crippen LogP) is 0.662. The monoisotopic (exact) mass is 225 g/mol. The summed E-state index contributed by atoms with van der Waals surface area (Å²) in [7, 11) is 0. The molecule has 5 N–H and O–H groups in total. The molecule has 2 unspecified atom stereocenters. The molecule has 2 atom stereocenters. The van der Waals surface area contributed by atoms with E-state index in [2.05, 4.69) is 0 Å². The molecule has 90 valence electrons. The van der Waals surface area contributed by atoms with Crippen molar-refractivity contribution in [3.8, 4) is 0 Å². The molecule has 0 amide bonds. The van der Waals surface area contributed by atoms with Gasteiger partial charge in [-0.1, -0.05) is 0 Å². The van der Waals surface area contributed by atoms with E-state index in [0.29, 0.717) is 11.3 Å². The van der Waals surface area contributed by atoms with E-state index in [4.69, 9.17) is 10.8 Å². The lowest BCUT2D eigenvalue weighted by Crippen LogP contribution is -2.21. The van der Waals surface area contributed by atoms with Gasteiger partial charge in [0.25, 0.3) is 0 Å². The summed E-state index contributed by atoms with van der Waals surface area (Å²) in [5.74, 6) is 0. The minimum atomic E-state index is -0.979. The van der Waals surface area contributed by atoms with Crippen molar-refractivity contribution in [2.24, 2.45) is 0 Å². The number of anilines is 1. The summed E-state index contributed by atoms with van der Waals surface area (Å²) in [5.41, 5.74) is 8.71. The van der Waals surface area contributed by atoms with E-state index in [-0.39, 0.29) is 13.0 Å². The SMILES string of the molecule is Cc1cc(N)cc(C)c1C(O)C(O)CCO. The van der Waals surface area contributed by atoms with Crippen molar-refractivity contribution in [2.45, 2.75) is 32.5 Å². The first kappa shape index (κ1) is 13.0. The third-order valence-corrected chi connectivity index (χ3v) is 2.70. The molecule has 0 aliphatic carbocycles. The average Bonchev–Trinajstić information content (AvgIpc) is 2.16. The molecule has 0 bridgehead atoms. The van der Waals surface area contributed by atoms with Gasteiger partial charge in [-0.3, -0.25) is 0 Å². The van der Waals surface area contributed by atoms with Crippen LogP contribution in [0.1, 0.15) is 29.2 Å².